The number of halogens is 2. The van der Waals surface area contributed by atoms with E-state index in [4.69, 9.17) is 4.42 Å². The zero-order valence-electron chi connectivity index (χ0n) is 10.9. The second kappa shape index (κ2) is 6.29. The van der Waals surface area contributed by atoms with E-state index in [2.05, 4.69) is 23.2 Å². The van der Waals surface area contributed by atoms with E-state index in [1.165, 1.54) is 31.6 Å². The first-order valence-electron chi connectivity index (χ1n) is 6.24. The van der Waals surface area contributed by atoms with E-state index < -0.39 is 0 Å². The molecule has 2 aliphatic heterocycles. The monoisotopic (exact) mass is 292 g/mol. The summed E-state index contributed by atoms with van der Waals surface area (Å²) in [6.07, 6.45) is 1.34. The van der Waals surface area contributed by atoms with E-state index in [0.717, 1.165) is 30.0 Å². The predicted molar refractivity (Wildman–Crippen MR) is 77.9 cm³/mol. The Morgan fingerprint density at radius 3 is 2.72 bits per heavy atom. The summed E-state index contributed by atoms with van der Waals surface area (Å²) < 4.78 is 5.74. The lowest BCUT2D eigenvalue weighted by molar-refractivity contribution is 0.276. The van der Waals surface area contributed by atoms with E-state index >= 15 is 0 Å². The third-order valence-corrected chi connectivity index (χ3v) is 4.03. The van der Waals surface area contributed by atoms with Crippen molar-refractivity contribution in [2.45, 2.75) is 32.9 Å². The van der Waals surface area contributed by atoms with Gasteiger partial charge < -0.3 is 9.73 Å². The average molecular weight is 293 g/mol. The SMILES string of the molecule is Cc1cc(CN2C[C@H]3CCN[C@H]3C2)oc1C.Cl.Cl. The summed E-state index contributed by atoms with van der Waals surface area (Å²) in [5.41, 5.74) is 1.27. The largest absolute Gasteiger partial charge is 0.465 e. The average Bonchev–Trinajstić information content (AvgIpc) is 2.83. The van der Waals surface area contributed by atoms with Crippen molar-refractivity contribution < 1.29 is 4.42 Å². The Labute approximate surface area is 121 Å². The second-order valence-corrected chi connectivity index (χ2v) is 5.26. The standard InChI is InChI=1S/C13H20N2O.2ClH/c1-9-5-12(16-10(9)2)7-15-6-11-3-4-14-13(11)8-15;;/h5,11,13-14H,3-4,6-8H2,1-2H3;2*1H/t11-,13+;;/m1../s1. The summed E-state index contributed by atoms with van der Waals surface area (Å²) in [4.78, 5) is 2.51. The number of nitrogens with zero attached hydrogens (tertiary/aromatic N) is 1. The summed E-state index contributed by atoms with van der Waals surface area (Å²) in [5.74, 6) is 3.06. The Hall–Kier alpha value is -0.220. The molecule has 0 bridgehead atoms. The highest BCUT2D eigenvalue weighted by Gasteiger charge is 2.35. The molecule has 3 nitrogen and oxygen atoms in total. The molecule has 1 aromatic heterocycles. The second-order valence-electron chi connectivity index (χ2n) is 5.26. The van der Waals surface area contributed by atoms with Gasteiger partial charge in [-0.05, 0) is 44.4 Å². The van der Waals surface area contributed by atoms with E-state index in [0.29, 0.717) is 0 Å². The third-order valence-electron chi connectivity index (χ3n) is 4.03. The van der Waals surface area contributed by atoms with Crippen molar-refractivity contribution in [3.05, 3.63) is 23.2 Å². The van der Waals surface area contributed by atoms with Gasteiger partial charge in [0.15, 0.2) is 0 Å². The molecule has 0 amide bonds. The Morgan fingerprint density at radius 1 is 1.33 bits per heavy atom. The first kappa shape index (κ1) is 15.8. The van der Waals surface area contributed by atoms with Gasteiger partial charge in [0, 0.05) is 19.1 Å². The van der Waals surface area contributed by atoms with Crippen LogP contribution in [0, 0.1) is 19.8 Å². The Kier molecular flexibility index (Phi) is 5.53. The molecule has 2 aliphatic rings. The van der Waals surface area contributed by atoms with Crippen molar-refractivity contribution in [3.63, 3.8) is 0 Å². The van der Waals surface area contributed by atoms with Crippen LogP contribution in [-0.2, 0) is 6.54 Å². The van der Waals surface area contributed by atoms with Gasteiger partial charge in [-0.3, -0.25) is 4.90 Å². The molecule has 1 aromatic rings. The molecule has 3 rings (SSSR count). The highest BCUT2D eigenvalue weighted by molar-refractivity contribution is 5.85. The normalized spacial score (nSPS) is 26.6. The number of aryl methyl sites for hydroxylation is 2. The molecular weight excluding hydrogens is 271 g/mol. The smallest absolute Gasteiger partial charge is 0.118 e. The molecule has 0 saturated carbocycles. The number of hydrogen-bond donors (Lipinski definition) is 1. The van der Waals surface area contributed by atoms with Gasteiger partial charge in [-0.2, -0.15) is 0 Å². The van der Waals surface area contributed by atoms with Gasteiger partial charge in [0.1, 0.15) is 11.5 Å². The van der Waals surface area contributed by atoms with Crippen LogP contribution < -0.4 is 5.32 Å². The summed E-state index contributed by atoms with van der Waals surface area (Å²) in [6.45, 7) is 8.76. The minimum absolute atomic E-state index is 0. The van der Waals surface area contributed by atoms with E-state index in [1.807, 2.05) is 6.92 Å². The maximum Gasteiger partial charge on any atom is 0.118 e. The van der Waals surface area contributed by atoms with Gasteiger partial charge in [-0.1, -0.05) is 0 Å². The Morgan fingerprint density at radius 2 is 2.11 bits per heavy atom. The van der Waals surface area contributed by atoms with Gasteiger partial charge in [0.25, 0.3) is 0 Å². The van der Waals surface area contributed by atoms with Gasteiger partial charge in [-0.15, -0.1) is 24.8 Å². The molecule has 0 aromatic carbocycles. The van der Waals surface area contributed by atoms with Crippen LogP contribution in [0.25, 0.3) is 0 Å². The van der Waals surface area contributed by atoms with Gasteiger partial charge >= 0.3 is 0 Å². The first-order chi connectivity index (χ1) is 7.72. The number of likely N-dealkylation sites (tertiary alicyclic amines) is 1. The number of hydrogen-bond acceptors (Lipinski definition) is 3. The maximum atomic E-state index is 5.74. The number of nitrogens with one attached hydrogen (secondary N) is 1. The number of furan rings is 1. The highest BCUT2D eigenvalue weighted by atomic mass is 35.5. The van der Waals surface area contributed by atoms with Gasteiger partial charge in [0.05, 0.1) is 6.54 Å². The van der Waals surface area contributed by atoms with Gasteiger partial charge in [-0.25, -0.2) is 0 Å². The van der Waals surface area contributed by atoms with Crippen LogP contribution in [0.1, 0.15) is 23.5 Å². The molecule has 2 saturated heterocycles. The maximum absolute atomic E-state index is 5.74. The topological polar surface area (TPSA) is 28.4 Å². The van der Waals surface area contributed by atoms with Gasteiger partial charge in [0.2, 0.25) is 0 Å². The molecule has 1 N–H and O–H groups in total. The van der Waals surface area contributed by atoms with Crippen molar-refractivity contribution in [3.8, 4) is 0 Å². The lowest BCUT2D eigenvalue weighted by Crippen LogP contribution is -2.29. The fraction of sp³-hybridized carbons (Fsp3) is 0.692. The fourth-order valence-electron chi connectivity index (χ4n) is 3.02. The van der Waals surface area contributed by atoms with Crippen LogP contribution in [0.5, 0.6) is 0 Å². The van der Waals surface area contributed by atoms with Crippen LogP contribution in [-0.4, -0.2) is 30.6 Å². The van der Waals surface area contributed by atoms with Crippen LogP contribution in [0.2, 0.25) is 0 Å². The number of fused-ring (bicyclic) bond motifs is 1. The fourth-order valence-corrected chi connectivity index (χ4v) is 3.02. The van der Waals surface area contributed by atoms with Crippen molar-refractivity contribution in [1.82, 2.24) is 10.2 Å². The van der Waals surface area contributed by atoms with Crippen molar-refractivity contribution in [1.29, 1.82) is 0 Å². The molecule has 0 radical (unpaired) electrons. The summed E-state index contributed by atoms with van der Waals surface area (Å²) in [7, 11) is 0. The van der Waals surface area contributed by atoms with Crippen molar-refractivity contribution in [2.24, 2.45) is 5.92 Å². The van der Waals surface area contributed by atoms with Crippen LogP contribution in [0.4, 0.5) is 0 Å². The van der Waals surface area contributed by atoms with Crippen LogP contribution in [0.15, 0.2) is 10.5 Å². The molecule has 2 fully saturated rings. The summed E-state index contributed by atoms with van der Waals surface area (Å²) in [5, 5.41) is 3.58. The Balaban J connectivity index is 0.000000810. The van der Waals surface area contributed by atoms with E-state index in [9.17, 15) is 0 Å². The third kappa shape index (κ3) is 3.02. The highest BCUT2D eigenvalue weighted by Crippen LogP contribution is 2.26. The minimum atomic E-state index is 0. The molecule has 0 aliphatic carbocycles. The molecule has 5 heteroatoms. The molecule has 0 unspecified atom stereocenters. The Bertz CT molecular complexity index is 363. The molecule has 104 valence electrons. The van der Waals surface area contributed by atoms with Crippen molar-refractivity contribution >= 4 is 24.8 Å². The van der Waals surface area contributed by atoms with E-state index in [-0.39, 0.29) is 24.8 Å². The van der Waals surface area contributed by atoms with Crippen LogP contribution in [0.3, 0.4) is 0 Å². The summed E-state index contributed by atoms with van der Waals surface area (Å²) in [6, 6.07) is 2.91. The predicted octanol–water partition coefficient (Wildman–Crippen LogP) is 2.53. The zero-order chi connectivity index (χ0) is 11.1. The van der Waals surface area contributed by atoms with Crippen molar-refractivity contribution in [2.75, 3.05) is 19.6 Å². The lowest BCUT2D eigenvalue weighted by Gasteiger charge is -2.14. The zero-order valence-corrected chi connectivity index (χ0v) is 12.6. The van der Waals surface area contributed by atoms with Crippen LogP contribution >= 0.6 is 24.8 Å². The molecule has 3 heterocycles. The number of rotatable bonds is 2. The molecule has 2 atom stereocenters. The summed E-state index contributed by atoms with van der Waals surface area (Å²) >= 11 is 0. The molecular formula is C13H22Cl2N2O. The molecule has 0 spiro atoms. The quantitative estimate of drug-likeness (QED) is 0.908. The van der Waals surface area contributed by atoms with E-state index in [1.54, 1.807) is 0 Å². The molecule has 18 heavy (non-hydrogen) atoms. The lowest BCUT2D eigenvalue weighted by atomic mass is 10.1. The first-order valence-corrected chi connectivity index (χ1v) is 6.24. The minimum Gasteiger partial charge on any atom is -0.465 e.